The maximum atomic E-state index is 2.36. The third-order valence-corrected chi connectivity index (χ3v) is 9.61. The average Bonchev–Trinajstić information content (AvgIpc) is 3.54. The summed E-state index contributed by atoms with van der Waals surface area (Å²) >= 11 is 0. The summed E-state index contributed by atoms with van der Waals surface area (Å²) in [4.78, 5) is 2.32. The summed E-state index contributed by atoms with van der Waals surface area (Å²) < 4.78 is 2.36. The number of para-hydroxylation sites is 3. The number of nitrogens with zero attached hydrogens (tertiary/aromatic N) is 2. The maximum absolute atomic E-state index is 2.36. The van der Waals surface area contributed by atoms with Crippen LogP contribution in [0.15, 0.2) is 206 Å². The van der Waals surface area contributed by atoms with Crippen LogP contribution in [-0.4, -0.2) is 4.57 Å². The highest BCUT2D eigenvalue weighted by molar-refractivity contribution is 6.09. The fourth-order valence-electron chi connectivity index (χ4n) is 7.14. The van der Waals surface area contributed by atoms with Crippen LogP contribution in [-0.2, 0) is 0 Å². The Hall–Kier alpha value is -6.64. The Labute approximate surface area is 292 Å². The van der Waals surface area contributed by atoms with Crippen molar-refractivity contribution in [2.75, 3.05) is 4.90 Å². The third kappa shape index (κ3) is 5.43. The molecule has 8 aromatic carbocycles. The van der Waals surface area contributed by atoms with Gasteiger partial charge in [0.1, 0.15) is 0 Å². The second-order valence-electron chi connectivity index (χ2n) is 12.6. The average molecular weight is 639 g/mol. The number of fused-ring (bicyclic) bond motifs is 3. The highest BCUT2D eigenvalue weighted by Gasteiger charge is 2.14. The van der Waals surface area contributed by atoms with Gasteiger partial charge in [-0.3, -0.25) is 0 Å². The van der Waals surface area contributed by atoms with Crippen LogP contribution >= 0.6 is 0 Å². The first-order chi connectivity index (χ1) is 24.8. The molecule has 0 saturated carbocycles. The minimum Gasteiger partial charge on any atom is -0.310 e. The van der Waals surface area contributed by atoms with Gasteiger partial charge in [-0.1, -0.05) is 146 Å². The Morgan fingerprint density at radius 2 is 0.680 bits per heavy atom. The molecule has 9 rings (SSSR count). The minimum absolute atomic E-state index is 1.12. The summed E-state index contributed by atoms with van der Waals surface area (Å²) in [6, 6.07) is 73.9. The number of aromatic nitrogens is 1. The second-order valence-corrected chi connectivity index (χ2v) is 12.6. The lowest BCUT2D eigenvalue weighted by atomic mass is 9.99. The van der Waals surface area contributed by atoms with Crippen LogP contribution in [0.5, 0.6) is 0 Å². The van der Waals surface area contributed by atoms with E-state index < -0.39 is 0 Å². The lowest BCUT2D eigenvalue weighted by Crippen LogP contribution is -2.09. The van der Waals surface area contributed by atoms with Crippen LogP contribution < -0.4 is 4.90 Å². The van der Waals surface area contributed by atoms with Gasteiger partial charge in [-0.25, -0.2) is 0 Å². The molecule has 2 heteroatoms. The van der Waals surface area contributed by atoms with Crippen LogP contribution in [0.4, 0.5) is 17.1 Å². The molecule has 9 aromatic rings. The van der Waals surface area contributed by atoms with Crippen LogP contribution in [0.3, 0.4) is 0 Å². The smallest absolute Gasteiger partial charge is 0.0541 e. The Bertz CT molecular complexity index is 2490. The second kappa shape index (κ2) is 12.8. The van der Waals surface area contributed by atoms with E-state index in [-0.39, 0.29) is 0 Å². The van der Waals surface area contributed by atoms with Crippen LogP contribution in [0.25, 0.3) is 60.9 Å². The van der Waals surface area contributed by atoms with Gasteiger partial charge in [0.05, 0.1) is 11.0 Å². The molecular weight excluding hydrogens is 605 g/mol. The predicted octanol–water partition coefficient (Wildman–Crippen LogP) is 13.3. The van der Waals surface area contributed by atoms with E-state index in [1.165, 1.54) is 60.9 Å². The Morgan fingerprint density at radius 1 is 0.280 bits per heavy atom. The van der Waals surface area contributed by atoms with Crippen molar-refractivity contribution in [1.82, 2.24) is 4.57 Å². The van der Waals surface area contributed by atoms with Gasteiger partial charge in [0, 0.05) is 33.5 Å². The zero-order valence-electron chi connectivity index (χ0n) is 27.5. The monoisotopic (exact) mass is 638 g/mol. The molecule has 0 aliphatic rings. The van der Waals surface area contributed by atoms with E-state index in [4.69, 9.17) is 0 Å². The normalized spacial score (nSPS) is 11.2. The molecule has 0 bridgehead atoms. The number of rotatable bonds is 7. The van der Waals surface area contributed by atoms with E-state index in [9.17, 15) is 0 Å². The molecule has 50 heavy (non-hydrogen) atoms. The summed E-state index contributed by atoms with van der Waals surface area (Å²) in [7, 11) is 0. The van der Waals surface area contributed by atoms with Gasteiger partial charge in [0.2, 0.25) is 0 Å². The van der Waals surface area contributed by atoms with E-state index in [1.54, 1.807) is 0 Å². The SMILES string of the molecule is c1ccc(-c2cccc(N(c3ccccc3)c3ccc(-c4ccc(-c5ccc(-n6c7ccccc7c7ccccc76)cc5)cc4)cc3)c2)cc1. The lowest BCUT2D eigenvalue weighted by Gasteiger charge is -2.26. The first-order valence-electron chi connectivity index (χ1n) is 17.1. The fourth-order valence-corrected chi connectivity index (χ4v) is 7.14. The first-order valence-corrected chi connectivity index (χ1v) is 17.1. The van der Waals surface area contributed by atoms with Crippen molar-refractivity contribution >= 4 is 38.9 Å². The zero-order valence-corrected chi connectivity index (χ0v) is 27.5. The largest absolute Gasteiger partial charge is 0.310 e. The van der Waals surface area contributed by atoms with E-state index >= 15 is 0 Å². The molecule has 0 fully saturated rings. The van der Waals surface area contributed by atoms with Crippen molar-refractivity contribution < 1.29 is 0 Å². The molecule has 0 radical (unpaired) electrons. The first kappa shape index (κ1) is 29.5. The Balaban J connectivity index is 0.990. The molecule has 0 spiro atoms. The molecule has 0 atom stereocenters. The molecule has 0 amide bonds. The highest BCUT2D eigenvalue weighted by Crippen LogP contribution is 2.38. The van der Waals surface area contributed by atoms with Gasteiger partial charge in [-0.05, 0) is 94.0 Å². The van der Waals surface area contributed by atoms with Gasteiger partial charge in [-0.15, -0.1) is 0 Å². The molecule has 0 unspecified atom stereocenters. The molecule has 0 aliphatic heterocycles. The minimum atomic E-state index is 1.12. The van der Waals surface area contributed by atoms with Gasteiger partial charge >= 0.3 is 0 Å². The predicted molar refractivity (Wildman–Crippen MR) is 212 cm³/mol. The topological polar surface area (TPSA) is 8.17 Å². The van der Waals surface area contributed by atoms with E-state index in [1.807, 2.05) is 0 Å². The molecule has 2 nitrogen and oxygen atoms in total. The van der Waals surface area contributed by atoms with Crippen molar-refractivity contribution in [2.45, 2.75) is 0 Å². The van der Waals surface area contributed by atoms with Gasteiger partial charge in [0.25, 0.3) is 0 Å². The van der Waals surface area contributed by atoms with E-state index in [0.717, 1.165) is 17.1 Å². The van der Waals surface area contributed by atoms with Gasteiger partial charge in [0.15, 0.2) is 0 Å². The van der Waals surface area contributed by atoms with Crippen molar-refractivity contribution in [3.63, 3.8) is 0 Å². The molecule has 0 aliphatic carbocycles. The molecule has 0 N–H and O–H groups in total. The van der Waals surface area contributed by atoms with Crippen molar-refractivity contribution in [3.05, 3.63) is 206 Å². The summed E-state index contributed by atoms with van der Waals surface area (Å²) in [5.74, 6) is 0. The molecule has 1 aromatic heterocycles. The Kier molecular flexibility index (Phi) is 7.53. The quantitative estimate of drug-likeness (QED) is 0.169. The van der Waals surface area contributed by atoms with E-state index in [0.29, 0.717) is 0 Å². The van der Waals surface area contributed by atoms with Crippen molar-refractivity contribution in [3.8, 4) is 39.1 Å². The number of anilines is 3. The van der Waals surface area contributed by atoms with Crippen LogP contribution in [0, 0.1) is 0 Å². The summed E-state index contributed by atoms with van der Waals surface area (Å²) in [6.45, 7) is 0. The molecule has 236 valence electrons. The summed E-state index contributed by atoms with van der Waals surface area (Å²) in [5.41, 5.74) is 14.2. The van der Waals surface area contributed by atoms with Crippen molar-refractivity contribution in [1.29, 1.82) is 0 Å². The lowest BCUT2D eigenvalue weighted by molar-refractivity contribution is 1.18. The van der Waals surface area contributed by atoms with Crippen LogP contribution in [0.2, 0.25) is 0 Å². The molecular formula is C48H34N2. The standard InChI is InChI=1S/C48H34N2/c1-3-12-35(13-4-1)40-14-11-17-44(34-40)49(41-15-5-2-6-16-41)42-30-26-38(27-31-42)36-22-24-37(25-23-36)39-28-32-43(33-29-39)50-47-20-9-7-18-45(47)46-19-8-10-21-48(46)50/h1-34H. The highest BCUT2D eigenvalue weighted by atomic mass is 15.1. The zero-order chi connectivity index (χ0) is 33.3. The number of hydrogen-bond donors (Lipinski definition) is 0. The number of benzene rings is 8. The van der Waals surface area contributed by atoms with Crippen molar-refractivity contribution in [2.24, 2.45) is 0 Å². The third-order valence-electron chi connectivity index (χ3n) is 9.61. The summed E-state index contributed by atoms with van der Waals surface area (Å²) in [6.07, 6.45) is 0. The summed E-state index contributed by atoms with van der Waals surface area (Å²) in [5, 5.41) is 2.56. The maximum Gasteiger partial charge on any atom is 0.0541 e. The van der Waals surface area contributed by atoms with Gasteiger partial charge in [-0.2, -0.15) is 0 Å². The fraction of sp³-hybridized carbons (Fsp3) is 0. The van der Waals surface area contributed by atoms with Gasteiger partial charge < -0.3 is 9.47 Å². The van der Waals surface area contributed by atoms with Crippen LogP contribution in [0.1, 0.15) is 0 Å². The number of hydrogen-bond acceptors (Lipinski definition) is 1. The molecule has 0 saturated heterocycles. The molecule has 1 heterocycles. The van der Waals surface area contributed by atoms with E-state index in [2.05, 4.69) is 216 Å². The Morgan fingerprint density at radius 3 is 1.26 bits per heavy atom.